The van der Waals surface area contributed by atoms with Crippen LogP contribution >= 0.6 is 0 Å². The van der Waals surface area contributed by atoms with Crippen molar-refractivity contribution in [2.24, 2.45) is 10.9 Å². The van der Waals surface area contributed by atoms with E-state index < -0.39 is 0 Å². The number of hydrogen-bond donors (Lipinski definition) is 0. The Kier molecular flexibility index (Phi) is 2.05. The lowest BCUT2D eigenvalue weighted by atomic mass is 9.56. The van der Waals surface area contributed by atoms with Crippen LogP contribution in [0.25, 0.3) is 0 Å². The van der Waals surface area contributed by atoms with E-state index in [0.29, 0.717) is 12.5 Å². The molecule has 1 aromatic rings. The predicted molar refractivity (Wildman–Crippen MR) is 75.9 cm³/mol. The van der Waals surface area contributed by atoms with Gasteiger partial charge in [0.25, 0.3) is 0 Å². The van der Waals surface area contributed by atoms with Crippen molar-refractivity contribution in [2.45, 2.75) is 37.9 Å². The lowest BCUT2D eigenvalue weighted by molar-refractivity contribution is 0.129. The number of amides is 1. The lowest BCUT2D eigenvalue weighted by Gasteiger charge is -2.50. The molecule has 2 aliphatic heterocycles. The molecule has 3 aliphatic rings. The van der Waals surface area contributed by atoms with Crippen LogP contribution in [0.1, 0.15) is 26.3 Å². The molecule has 1 amide bonds. The molecule has 0 N–H and O–H groups in total. The van der Waals surface area contributed by atoms with E-state index in [1.165, 1.54) is 5.56 Å². The highest BCUT2D eigenvalue weighted by molar-refractivity contribution is 6.11. The molecule has 20 heavy (non-hydrogen) atoms. The van der Waals surface area contributed by atoms with Crippen LogP contribution in [0.5, 0.6) is 0 Å². The normalized spacial score (nSPS) is 39.8. The van der Waals surface area contributed by atoms with Crippen molar-refractivity contribution >= 4 is 11.8 Å². The van der Waals surface area contributed by atoms with Crippen molar-refractivity contribution in [1.29, 1.82) is 0 Å². The number of nitrogens with zero attached hydrogens (tertiary/aromatic N) is 2. The van der Waals surface area contributed by atoms with Gasteiger partial charge < -0.3 is 4.74 Å². The molecule has 0 bridgehead atoms. The molecule has 0 unspecified atom stereocenters. The molecule has 2 heterocycles. The number of fused-ring (bicyclic) bond motifs is 4. The van der Waals surface area contributed by atoms with Crippen LogP contribution in [0.15, 0.2) is 35.3 Å². The summed E-state index contributed by atoms with van der Waals surface area (Å²) < 4.78 is 5.18. The summed E-state index contributed by atoms with van der Waals surface area (Å²) in [7, 11) is 0. The molecule has 104 valence electrons. The van der Waals surface area contributed by atoms with Gasteiger partial charge in [-0.25, -0.2) is 4.79 Å². The summed E-state index contributed by atoms with van der Waals surface area (Å²) >= 11 is 0. The molecule has 1 aliphatic carbocycles. The van der Waals surface area contributed by atoms with Crippen molar-refractivity contribution in [2.75, 3.05) is 6.61 Å². The average Bonchev–Trinajstić information content (AvgIpc) is 2.81. The summed E-state index contributed by atoms with van der Waals surface area (Å²) in [5, 5.41) is 0. The van der Waals surface area contributed by atoms with E-state index in [1.807, 2.05) is 30.0 Å². The summed E-state index contributed by atoms with van der Waals surface area (Å²) in [5.74, 6) is 0.360. The fraction of sp³-hybridized carbons (Fsp3) is 0.500. The van der Waals surface area contributed by atoms with Crippen molar-refractivity contribution < 1.29 is 9.53 Å². The van der Waals surface area contributed by atoms with E-state index in [2.05, 4.69) is 26.0 Å². The van der Waals surface area contributed by atoms with E-state index in [4.69, 9.17) is 9.73 Å². The molecular weight excluding hydrogens is 252 g/mol. The van der Waals surface area contributed by atoms with Gasteiger partial charge in [0.1, 0.15) is 0 Å². The minimum Gasteiger partial charge on any atom is -0.450 e. The highest BCUT2D eigenvalue weighted by atomic mass is 16.6. The number of carbonyl (C=O) groups is 1. The SMILES string of the molecule is CCOC(=O)N1[C@]2(C)[C@H]3N=C(c4ccccc4)[C@H]3[C@]12C. The smallest absolute Gasteiger partial charge is 0.410 e. The Bertz CT molecular complexity index is 627. The molecule has 1 saturated heterocycles. The molecule has 4 rings (SSSR count). The molecule has 0 radical (unpaired) electrons. The minimum atomic E-state index is -0.200. The zero-order valence-electron chi connectivity index (χ0n) is 12.0. The van der Waals surface area contributed by atoms with Gasteiger partial charge in [0.2, 0.25) is 0 Å². The summed E-state index contributed by atoms with van der Waals surface area (Å²) in [4.78, 5) is 18.7. The number of aliphatic imine (C=N–C) groups is 1. The van der Waals surface area contributed by atoms with E-state index in [9.17, 15) is 4.79 Å². The second-order valence-corrected chi connectivity index (χ2v) is 6.13. The number of hydrogen-bond acceptors (Lipinski definition) is 3. The highest BCUT2D eigenvalue weighted by Crippen LogP contribution is 2.73. The monoisotopic (exact) mass is 270 g/mol. The predicted octanol–water partition coefficient (Wildman–Crippen LogP) is 2.48. The molecule has 1 saturated carbocycles. The summed E-state index contributed by atoms with van der Waals surface area (Å²) in [6, 6.07) is 10.5. The van der Waals surface area contributed by atoms with Crippen molar-refractivity contribution in [1.82, 2.24) is 4.90 Å². The molecule has 4 heteroatoms. The zero-order chi connectivity index (χ0) is 14.1. The second-order valence-electron chi connectivity index (χ2n) is 6.13. The second kappa shape index (κ2) is 3.43. The Morgan fingerprint density at radius 3 is 2.65 bits per heavy atom. The Hall–Kier alpha value is -1.84. The first kappa shape index (κ1) is 11.9. The molecule has 4 nitrogen and oxygen atoms in total. The zero-order valence-corrected chi connectivity index (χ0v) is 12.0. The first-order chi connectivity index (χ1) is 9.56. The minimum absolute atomic E-state index is 0.114. The molecular formula is C16H18N2O2. The Labute approximate surface area is 118 Å². The van der Waals surface area contributed by atoms with Gasteiger partial charge in [0, 0.05) is 0 Å². The number of rotatable bonds is 2. The maximum atomic E-state index is 12.1. The van der Waals surface area contributed by atoms with Crippen molar-refractivity contribution in [3.05, 3.63) is 35.9 Å². The molecule has 1 aromatic carbocycles. The van der Waals surface area contributed by atoms with Crippen LogP contribution in [0.4, 0.5) is 4.79 Å². The van der Waals surface area contributed by atoms with E-state index in [0.717, 1.165) is 5.71 Å². The highest BCUT2D eigenvalue weighted by Gasteiger charge is 2.91. The summed E-state index contributed by atoms with van der Waals surface area (Å²) in [6.45, 7) is 6.54. The van der Waals surface area contributed by atoms with Crippen molar-refractivity contribution in [3.63, 3.8) is 0 Å². The van der Waals surface area contributed by atoms with Gasteiger partial charge in [-0.1, -0.05) is 30.3 Å². The molecule has 4 atom stereocenters. The topological polar surface area (TPSA) is 41.7 Å². The average molecular weight is 270 g/mol. The number of benzene rings is 1. The molecule has 0 spiro atoms. The Balaban J connectivity index is 1.63. The van der Waals surface area contributed by atoms with E-state index in [-0.39, 0.29) is 23.2 Å². The van der Waals surface area contributed by atoms with Crippen LogP contribution < -0.4 is 0 Å². The summed E-state index contributed by atoms with van der Waals surface area (Å²) in [6.07, 6.45) is -0.200. The Morgan fingerprint density at radius 2 is 2.00 bits per heavy atom. The van der Waals surface area contributed by atoms with Gasteiger partial charge >= 0.3 is 6.09 Å². The molecule has 0 aromatic heterocycles. The maximum absolute atomic E-state index is 12.1. The van der Waals surface area contributed by atoms with Crippen LogP contribution in [-0.4, -0.2) is 40.4 Å². The number of likely N-dealkylation sites (tertiary alicyclic amines) is 1. The van der Waals surface area contributed by atoms with E-state index >= 15 is 0 Å². The van der Waals surface area contributed by atoms with Crippen LogP contribution in [-0.2, 0) is 4.74 Å². The van der Waals surface area contributed by atoms with Gasteiger partial charge in [0.05, 0.1) is 35.4 Å². The first-order valence-corrected chi connectivity index (χ1v) is 7.17. The van der Waals surface area contributed by atoms with Gasteiger partial charge in [0.15, 0.2) is 0 Å². The van der Waals surface area contributed by atoms with Gasteiger partial charge in [-0.2, -0.15) is 0 Å². The van der Waals surface area contributed by atoms with Gasteiger partial charge in [-0.3, -0.25) is 9.89 Å². The fourth-order valence-corrected chi connectivity index (χ4v) is 4.27. The van der Waals surface area contributed by atoms with E-state index in [1.54, 1.807) is 0 Å². The quantitative estimate of drug-likeness (QED) is 0.775. The van der Waals surface area contributed by atoms with Crippen LogP contribution in [0.2, 0.25) is 0 Å². The maximum Gasteiger partial charge on any atom is 0.410 e. The first-order valence-electron chi connectivity index (χ1n) is 7.17. The van der Waals surface area contributed by atoms with Crippen LogP contribution in [0, 0.1) is 5.92 Å². The number of carbonyl (C=O) groups excluding carboxylic acids is 1. The third kappa shape index (κ3) is 1.03. The fourth-order valence-electron chi connectivity index (χ4n) is 4.27. The lowest BCUT2D eigenvalue weighted by Crippen LogP contribution is -2.65. The standard InChI is InChI=1S/C16H18N2O2/c1-4-20-14(19)18-15(2)11-12(10-8-6-5-7-9-10)17-13(11)16(15,18)3/h5-9,11,13H,4H2,1-3H3/t11-,13+,15+,16-,18?/m1/s1. The summed E-state index contributed by atoms with van der Waals surface area (Å²) in [5.41, 5.74) is 2.06. The molecule has 2 fully saturated rings. The Morgan fingerprint density at radius 1 is 1.30 bits per heavy atom. The van der Waals surface area contributed by atoms with Crippen molar-refractivity contribution in [3.8, 4) is 0 Å². The van der Waals surface area contributed by atoms with Crippen LogP contribution in [0.3, 0.4) is 0 Å². The number of ether oxygens (including phenoxy) is 1. The van der Waals surface area contributed by atoms with Gasteiger partial charge in [-0.15, -0.1) is 0 Å². The third-order valence-corrected chi connectivity index (χ3v) is 5.49. The third-order valence-electron chi connectivity index (χ3n) is 5.49. The van der Waals surface area contributed by atoms with Gasteiger partial charge in [-0.05, 0) is 26.3 Å². The largest absolute Gasteiger partial charge is 0.450 e.